The lowest BCUT2D eigenvalue weighted by molar-refractivity contribution is -0.380. The quantitative estimate of drug-likeness (QED) is 0.507. The first kappa shape index (κ1) is 12.6. The standard InChI is InChI=1S/C15H11NO3S/c1-10-2-3-12-9-13(5-4-11(12)8-10)19-14-6-7-20-15(14)16(17)18/h2-9H,1H3. The third-order valence-electron chi connectivity index (χ3n) is 2.97. The van der Waals surface area contributed by atoms with Gasteiger partial charge in [-0.25, -0.2) is 0 Å². The fourth-order valence-corrected chi connectivity index (χ4v) is 2.67. The highest BCUT2D eigenvalue weighted by atomic mass is 32.1. The maximum Gasteiger partial charge on any atom is 0.366 e. The highest BCUT2D eigenvalue weighted by Gasteiger charge is 2.17. The molecule has 100 valence electrons. The highest BCUT2D eigenvalue weighted by molar-refractivity contribution is 7.13. The second kappa shape index (κ2) is 4.94. The minimum Gasteiger partial charge on any atom is -0.449 e. The first-order valence-corrected chi connectivity index (χ1v) is 6.91. The molecule has 0 unspecified atom stereocenters. The minimum atomic E-state index is -0.426. The van der Waals surface area contributed by atoms with Gasteiger partial charge in [0.1, 0.15) is 5.75 Å². The SMILES string of the molecule is Cc1ccc2cc(Oc3ccsc3[N+](=O)[O-])ccc2c1. The van der Waals surface area contributed by atoms with Crippen molar-refractivity contribution in [2.75, 3.05) is 0 Å². The van der Waals surface area contributed by atoms with Crippen LogP contribution in [0.15, 0.2) is 47.8 Å². The molecular weight excluding hydrogens is 274 g/mol. The van der Waals surface area contributed by atoms with Gasteiger partial charge in [-0.15, -0.1) is 0 Å². The van der Waals surface area contributed by atoms with Gasteiger partial charge in [0.05, 0.1) is 4.92 Å². The third-order valence-corrected chi connectivity index (χ3v) is 3.82. The molecule has 0 aliphatic rings. The number of fused-ring (bicyclic) bond motifs is 1. The van der Waals surface area contributed by atoms with E-state index in [-0.39, 0.29) is 10.8 Å². The van der Waals surface area contributed by atoms with Crippen molar-refractivity contribution in [3.63, 3.8) is 0 Å². The first-order valence-electron chi connectivity index (χ1n) is 6.03. The number of ether oxygens (including phenoxy) is 1. The zero-order chi connectivity index (χ0) is 14.1. The van der Waals surface area contributed by atoms with E-state index in [1.54, 1.807) is 11.4 Å². The van der Waals surface area contributed by atoms with Gasteiger partial charge in [-0.2, -0.15) is 0 Å². The molecule has 0 aliphatic heterocycles. The number of benzene rings is 2. The van der Waals surface area contributed by atoms with Crippen LogP contribution in [0.25, 0.3) is 10.8 Å². The summed E-state index contributed by atoms with van der Waals surface area (Å²) in [6, 6.07) is 13.4. The number of nitro groups is 1. The molecule has 5 heteroatoms. The molecule has 3 rings (SSSR count). The molecule has 0 atom stereocenters. The molecule has 0 spiro atoms. The zero-order valence-corrected chi connectivity index (χ0v) is 11.5. The lowest BCUT2D eigenvalue weighted by Gasteiger charge is -2.05. The predicted octanol–water partition coefficient (Wildman–Crippen LogP) is 4.91. The van der Waals surface area contributed by atoms with Crippen molar-refractivity contribution in [1.82, 2.24) is 0 Å². The van der Waals surface area contributed by atoms with E-state index in [2.05, 4.69) is 6.07 Å². The summed E-state index contributed by atoms with van der Waals surface area (Å²) in [7, 11) is 0. The summed E-state index contributed by atoms with van der Waals surface area (Å²) in [6.45, 7) is 2.04. The zero-order valence-electron chi connectivity index (χ0n) is 10.7. The molecule has 0 bridgehead atoms. The van der Waals surface area contributed by atoms with E-state index in [0.717, 1.165) is 22.1 Å². The summed E-state index contributed by atoms with van der Waals surface area (Å²) < 4.78 is 5.62. The Morgan fingerprint density at radius 1 is 1.10 bits per heavy atom. The number of rotatable bonds is 3. The van der Waals surface area contributed by atoms with Crippen molar-refractivity contribution >= 4 is 27.1 Å². The van der Waals surface area contributed by atoms with Crippen molar-refractivity contribution < 1.29 is 9.66 Å². The first-order chi connectivity index (χ1) is 9.63. The van der Waals surface area contributed by atoms with Crippen LogP contribution in [-0.4, -0.2) is 4.92 Å². The van der Waals surface area contributed by atoms with Gasteiger partial charge in [-0.05, 0) is 35.9 Å². The van der Waals surface area contributed by atoms with Crippen molar-refractivity contribution in [2.45, 2.75) is 6.92 Å². The predicted molar refractivity (Wildman–Crippen MR) is 79.7 cm³/mol. The van der Waals surface area contributed by atoms with Crippen LogP contribution >= 0.6 is 11.3 Å². The highest BCUT2D eigenvalue weighted by Crippen LogP contribution is 2.36. The molecular formula is C15H11NO3S. The van der Waals surface area contributed by atoms with Crippen LogP contribution in [0, 0.1) is 17.0 Å². The Hall–Kier alpha value is -2.40. The second-order valence-electron chi connectivity index (χ2n) is 4.46. The average Bonchev–Trinajstić information content (AvgIpc) is 2.87. The van der Waals surface area contributed by atoms with Crippen LogP contribution in [-0.2, 0) is 0 Å². The number of hydrogen-bond donors (Lipinski definition) is 0. The molecule has 0 radical (unpaired) electrons. The smallest absolute Gasteiger partial charge is 0.366 e. The summed E-state index contributed by atoms with van der Waals surface area (Å²) in [6.07, 6.45) is 0. The Morgan fingerprint density at radius 2 is 1.85 bits per heavy atom. The normalized spacial score (nSPS) is 10.7. The van der Waals surface area contributed by atoms with E-state index in [9.17, 15) is 10.1 Å². The van der Waals surface area contributed by atoms with E-state index in [1.165, 1.54) is 5.56 Å². The van der Waals surface area contributed by atoms with Crippen LogP contribution in [0.4, 0.5) is 5.00 Å². The summed E-state index contributed by atoms with van der Waals surface area (Å²) >= 11 is 1.06. The molecule has 4 nitrogen and oxygen atoms in total. The van der Waals surface area contributed by atoms with Gasteiger partial charge in [-0.1, -0.05) is 41.2 Å². The molecule has 0 saturated carbocycles. The van der Waals surface area contributed by atoms with E-state index >= 15 is 0 Å². The molecule has 0 amide bonds. The monoisotopic (exact) mass is 285 g/mol. The van der Waals surface area contributed by atoms with Gasteiger partial charge in [0.25, 0.3) is 0 Å². The summed E-state index contributed by atoms with van der Waals surface area (Å²) in [5.41, 5.74) is 1.19. The van der Waals surface area contributed by atoms with Gasteiger partial charge in [0.15, 0.2) is 0 Å². The summed E-state index contributed by atoms with van der Waals surface area (Å²) in [5, 5.41) is 14.7. The molecule has 1 aromatic heterocycles. The Balaban J connectivity index is 1.96. The molecule has 1 heterocycles. The Bertz CT molecular complexity index is 795. The van der Waals surface area contributed by atoms with Gasteiger partial charge in [-0.3, -0.25) is 10.1 Å². The molecule has 20 heavy (non-hydrogen) atoms. The van der Waals surface area contributed by atoms with E-state index in [0.29, 0.717) is 5.75 Å². The fourth-order valence-electron chi connectivity index (χ4n) is 2.03. The van der Waals surface area contributed by atoms with Crippen LogP contribution < -0.4 is 4.74 Å². The van der Waals surface area contributed by atoms with Gasteiger partial charge < -0.3 is 4.74 Å². The van der Waals surface area contributed by atoms with Gasteiger partial charge >= 0.3 is 5.00 Å². The second-order valence-corrected chi connectivity index (χ2v) is 5.36. The van der Waals surface area contributed by atoms with Crippen molar-refractivity contribution in [3.8, 4) is 11.5 Å². The molecule has 0 N–H and O–H groups in total. The van der Waals surface area contributed by atoms with Crippen LogP contribution in [0.5, 0.6) is 11.5 Å². The van der Waals surface area contributed by atoms with Crippen LogP contribution in [0.3, 0.4) is 0 Å². The maximum atomic E-state index is 10.9. The number of thiophene rings is 1. The fraction of sp³-hybridized carbons (Fsp3) is 0.0667. The van der Waals surface area contributed by atoms with Gasteiger partial charge in [0.2, 0.25) is 5.75 Å². The number of hydrogen-bond acceptors (Lipinski definition) is 4. The lowest BCUT2D eigenvalue weighted by atomic mass is 10.1. The Kier molecular flexibility index (Phi) is 3.12. The average molecular weight is 285 g/mol. The molecule has 0 aliphatic carbocycles. The lowest BCUT2D eigenvalue weighted by Crippen LogP contribution is -1.89. The van der Waals surface area contributed by atoms with E-state index < -0.39 is 4.92 Å². The van der Waals surface area contributed by atoms with E-state index in [1.807, 2.05) is 37.3 Å². The largest absolute Gasteiger partial charge is 0.449 e. The number of aryl methyl sites for hydroxylation is 1. The molecule has 2 aromatic carbocycles. The Labute approximate surface area is 119 Å². The minimum absolute atomic E-state index is 0.0222. The van der Waals surface area contributed by atoms with E-state index in [4.69, 9.17) is 4.74 Å². The van der Waals surface area contributed by atoms with Crippen molar-refractivity contribution in [2.24, 2.45) is 0 Å². The molecule has 3 aromatic rings. The van der Waals surface area contributed by atoms with Crippen molar-refractivity contribution in [3.05, 3.63) is 63.5 Å². The molecule has 0 fully saturated rings. The van der Waals surface area contributed by atoms with Crippen LogP contribution in [0.1, 0.15) is 5.56 Å². The Morgan fingerprint density at radius 3 is 2.65 bits per heavy atom. The topological polar surface area (TPSA) is 52.4 Å². The third kappa shape index (κ3) is 2.35. The summed E-state index contributed by atoms with van der Waals surface area (Å²) in [5.74, 6) is 0.884. The van der Waals surface area contributed by atoms with Gasteiger partial charge in [0, 0.05) is 5.38 Å². The van der Waals surface area contributed by atoms with Crippen LogP contribution in [0.2, 0.25) is 0 Å². The van der Waals surface area contributed by atoms with Crippen molar-refractivity contribution in [1.29, 1.82) is 0 Å². The summed E-state index contributed by atoms with van der Waals surface area (Å²) in [4.78, 5) is 10.4. The number of nitrogens with zero attached hydrogens (tertiary/aromatic N) is 1. The molecule has 0 saturated heterocycles. The maximum absolute atomic E-state index is 10.9.